The molecule has 0 aromatic rings. The fourth-order valence-electron chi connectivity index (χ4n) is 4.89. The SMILES string of the molecule is CC(=O)OC(C)(C)C1CCC2(C)COC3(C)CC(=O)OC23C1. The van der Waals surface area contributed by atoms with Crippen molar-refractivity contribution in [1.82, 2.24) is 0 Å². The number of carbonyl (C=O) groups is 2. The molecule has 1 spiro atoms. The van der Waals surface area contributed by atoms with Gasteiger partial charge in [0.1, 0.15) is 16.8 Å². The van der Waals surface area contributed by atoms with E-state index in [1.807, 2.05) is 20.8 Å². The molecule has 0 bridgehead atoms. The quantitative estimate of drug-likeness (QED) is 0.734. The number of hydrogen-bond acceptors (Lipinski definition) is 5. The fourth-order valence-corrected chi connectivity index (χ4v) is 4.89. The van der Waals surface area contributed by atoms with Crippen molar-refractivity contribution in [3.8, 4) is 0 Å². The van der Waals surface area contributed by atoms with Crippen molar-refractivity contribution in [2.45, 2.75) is 77.1 Å². The molecule has 124 valence electrons. The van der Waals surface area contributed by atoms with Gasteiger partial charge in [0.2, 0.25) is 0 Å². The normalized spacial score (nSPS) is 44.2. The van der Waals surface area contributed by atoms with Crippen LogP contribution in [0.5, 0.6) is 0 Å². The van der Waals surface area contributed by atoms with E-state index in [0.29, 0.717) is 19.4 Å². The number of carbonyl (C=O) groups excluding carboxylic acids is 2. The predicted molar refractivity (Wildman–Crippen MR) is 79.1 cm³/mol. The average Bonchev–Trinajstić information content (AvgIpc) is 2.73. The van der Waals surface area contributed by atoms with Crippen LogP contribution in [0.25, 0.3) is 0 Å². The molecule has 4 atom stereocenters. The molecule has 2 heterocycles. The molecule has 0 N–H and O–H groups in total. The molecular formula is C17H26O5. The first kappa shape index (κ1) is 15.8. The van der Waals surface area contributed by atoms with Crippen LogP contribution in [-0.4, -0.2) is 35.3 Å². The van der Waals surface area contributed by atoms with E-state index in [2.05, 4.69) is 6.92 Å². The lowest BCUT2D eigenvalue weighted by atomic mass is 9.56. The molecule has 3 aliphatic rings. The van der Waals surface area contributed by atoms with Gasteiger partial charge in [-0.3, -0.25) is 9.59 Å². The van der Waals surface area contributed by atoms with Crippen LogP contribution < -0.4 is 0 Å². The van der Waals surface area contributed by atoms with Crippen molar-refractivity contribution >= 4 is 11.9 Å². The summed E-state index contributed by atoms with van der Waals surface area (Å²) in [4.78, 5) is 23.4. The van der Waals surface area contributed by atoms with Crippen LogP contribution in [0.3, 0.4) is 0 Å². The highest BCUT2D eigenvalue weighted by Gasteiger charge is 2.74. The van der Waals surface area contributed by atoms with Crippen LogP contribution >= 0.6 is 0 Å². The van der Waals surface area contributed by atoms with Gasteiger partial charge in [-0.25, -0.2) is 0 Å². The van der Waals surface area contributed by atoms with Gasteiger partial charge in [-0.15, -0.1) is 0 Å². The van der Waals surface area contributed by atoms with Crippen LogP contribution in [0, 0.1) is 11.3 Å². The molecule has 22 heavy (non-hydrogen) atoms. The Hall–Kier alpha value is -1.10. The van der Waals surface area contributed by atoms with Crippen LogP contribution in [0.4, 0.5) is 0 Å². The molecule has 0 radical (unpaired) electrons. The molecule has 3 fully saturated rings. The first-order chi connectivity index (χ1) is 10.0. The molecule has 5 nitrogen and oxygen atoms in total. The highest BCUT2D eigenvalue weighted by atomic mass is 16.6. The first-order valence-electron chi connectivity index (χ1n) is 8.09. The first-order valence-corrected chi connectivity index (χ1v) is 8.09. The van der Waals surface area contributed by atoms with Crippen molar-refractivity contribution in [2.75, 3.05) is 6.61 Å². The Morgan fingerprint density at radius 2 is 2.05 bits per heavy atom. The molecular weight excluding hydrogens is 284 g/mol. The molecule has 2 saturated heterocycles. The molecule has 4 unspecified atom stereocenters. The van der Waals surface area contributed by atoms with Gasteiger partial charge in [-0.05, 0) is 40.0 Å². The van der Waals surface area contributed by atoms with Gasteiger partial charge < -0.3 is 14.2 Å². The van der Waals surface area contributed by atoms with E-state index in [-0.39, 0.29) is 23.3 Å². The van der Waals surface area contributed by atoms with E-state index in [0.717, 1.165) is 12.8 Å². The summed E-state index contributed by atoms with van der Waals surface area (Å²) in [6.07, 6.45) is 2.84. The minimum atomic E-state index is -0.600. The lowest BCUT2D eigenvalue weighted by Gasteiger charge is -2.52. The third kappa shape index (κ3) is 1.94. The Kier molecular flexibility index (Phi) is 3.20. The summed E-state index contributed by atoms with van der Waals surface area (Å²) in [5.74, 6) is -0.305. The van der Waals surface area contributed by atoms with Gasteiger partial charge in [-0.1, -0.05) is 6.92 Å². The molecule has 5 heteroatoms. The van der Waals surface area contributed by atoms with E-state index in [1.54, 1.807) is 0 Å². The third-order valence-electron chi connectivity index (χ3n) is 6.28. The maximum Gasteiger partial charge on any atom is 0.309 e. The van der Waals surface area contributed by atoms with Crippen molar-refractivity contribution in [3.63, 3.8) is 0 Å². The largest absolute Gasteiger partial charge is 0.460 e. The summed E-state index contributed by atoms with van der Waals surface area (Å²) < 4.78 is 17.5. The molecule has 2 aliphatic heterocycles. The molecule has 0 aromatic heterocycles. The second-order valence-corrected chi connectivity index (χ2v) is 8.19. The van der Waals surface area contributed by atoms with Gasteiger partial charge >= 0.3 is 11.9 Å². The molecule has 1 aliphatic carbocycles. The van der Waals surface area contributed by atoms with Gasteiger partial charge in [0, 0.05) is 18.3 Å². The van der Waals surface area contributed by atoms with Crippen LogP contribution in [0.15, 0.2) is 0 Å². The van der Waals surface area contributed by atoms with E-state index in [1.165, 1.54) is 6.92 Å². The Balaban J connectivity index is 1.94. The van der Waals surface area contributed by atoms with E-state index >= 15 is 0 Å². The summed E-state index contributed by atoms with van der Waals surface area (Å²) in [5, 5.41) is 0. The fraction of sp³-hybridized carbons (Fsp3) is 0.882. The van der Waals surface area contributed by atoms with Crippen molar-refractivity contribution in [1.29, 1.82) is 0 Å². The Bertz CT molecular complexity index is 527. The zero-order valence-electron chi connectivity index (χ0n) is 14.2. The lowest BCUT2D eigenvalue weighted by Crippen LogP contribution is -2.60. The monoisotopic (exact) mass is 310 g/mol. The maximum absolute atomic E-state index is 12.0. The van der Waals surface area contributed by atoms with Crippen LogP contribution in [0.2, 0.25) is 0 Å². The number of hydrogen-bond donors (Lipinski definition) is 0. The van der Waals surface area contributed by atoms with Gasteiger partial charge in [0.15, 0.2) is 0 Å². The van der Waals surface area contributed by atoms with Crippen LogP contribution in [-0.2, 0) is 23.8 Å². The zero-order chi connectivity index (χ0) is 16.4. The summed E-state index contributed by atoms with van der Waals surface area (Å²) in [6, 6.07) is 0. The minimum absolute atomic E-state index is 0.149. The summed E-state index contributed by atoms with van der Waals surface area (Å²) in [6.45, 7) is 10.1. The Morgan fingerprint density at radius 1 is 1.36 bits per heavy atom. The highest BCUT2D eigenvalue weighted by molar-refractivity contribution is 5.75. The maximum atomic E-state index is 12.0. The minimum Gasteiger partial charge on any atom is -0.460 e. The van der Waals surface area contributed by atoms with Gasteiger partial charge in [-0.2, -0.15) is 0 Å². The lowest BCUT2D eigenvalue weighted by molar-refractivity contribution is -0.189. The van der Waals surface area contributed by atoms with E-state index in [9.17, 15) is 9.59 Å². The van der Waals surface area contributed by atoms with Gasteiger partial charge in [0.25, 0.3) is 0 Å². The Morgan fingerprint density at radius 3 is 2.68 bits per heavy atom. The second-order valence-electron chi connectivity index (χ2n) is 8.19. The van der Waals surface area contributed by atoms with Crippen LogP contribution in [0.1, 0.15) is 60.3 Å². The standard InChI is InChI=1S/C17H26O5/c1-11(18)21-14(2,3)12-6-7-15(4)10-20-16(5)9-13(19)22-17(15,16)8-12/h12H,6-10H2,1-5H3. The number of esters is 2. The van der Waals surface area contributed by atoms with E-state index in [4.69, 9.17) is 14.2 Å². The summed E-state index contributed by atoms with van der Waals surface area (Å²) in [7, 11) is 0. The molecule has 1 saturated carbocycles. The molecule has 0 amide bonds. The predicted octanol–water partition coefficient (Wildman–Crippen LogP) is 2.61. The van der Waals surface area contributed by atoms with Gasteiger partial charge in [0.05, 0.1) is 13.0 Å². The highest BCUT2D eigenvalue weighted by Crippen LogP contribution is 2.64. The Labute approximate surface area is 131 Å². The average molecular weight is 310 g/mol. The molecule has 3 rings (SSSR count). The second kappa shape index (κ2) is 4.47. The van der Waals surface area contributed by atoms with E-state index < -0.39 is 16.8 Å². The summed E-state index contributed by atoms with van der Waals surface area (Å²) in [5.41, 5.74) is -1.89. The molecule has 0 aromatic carbocycles. The van der Waals surface area contributed by atoms with Crippen molar-refractivity contribution in [2.24, 2.45) is 11.3 Å². The topological polar surface area (TPSA) is 61.8 Å². The van der Waals surface area contributed by atoms with Crippen molar-refractivity contribution in [3.05, 3.63) is 0 Å². The van der Waals surface area contributed by atoms with Crippen molar-refractivity contribution < 1.29 is 23.8 Å². The summed E-state index contributed by atoms with van der Waals surface area (Å²) >= 11 is 0. The number of ether oxygens (including phenoxy) is 3. The third-order valence-corrected chi connectivity index (χ3v) is 6.28. The smallest absolute Gasteiger partial charge is 0.309 e. The number of rotatable bonds is 2. The zero-order valence-corrected chi connectivity index (χ0v) is 14.2.